The molecule has 0 N–H and O–H groups in total. The van der Waals surface area contributed by atoms with Gasteiger partial charge >= 0.3 is 0 Å². The molecule has 13 heavy (non-hydrogen) atoms. The second kappa shape index (κ2) is 4.28. The molecule has 1 aromatic rings. The van der Waals surface area contributed by atoms with Gasteiger partial charge in [0.15, 0.2) is 4.34 Å². The van der Waals surface area contributed by atoms with Crippen LogP contribution in [0, 0.1) is 0 Å². The maximum absolute atomic E-state index is 4.18. The van der Waals surface area contributed by atoms with E-state index in [9.17, 15) is 0 Å². The van der Waals surface area contributed by atoms with E-state index in [0.29, 0.717) is 0 Å². The molecule has 5 heteroatoms. The maximum atomic E-state index is 4.18. The fraction of sp³-hybridized carbons (Fsp3) is 0.750. The molecule has 0 radical (unpaired) electrons. The summed E-state index contributed by atoms with van der Waals surface area (Å²) in [6, 6.07) is 0. The fourth-order valence-corrected chi connectivity index (χ4v) is 2.81. The summed E-state index contributed by atoms with van der Waals surface area (Å²) in [5, 5.41) is 9.38. The Kier molecular flexibility index (Phi) is 3.05. The molecule has 0 bridgehead atoms. The van der Waals surface area contributed by atoms with Crippen LogP contribution in [-0.2, 0) is 0 Å². The molecule has 0 saturated carbocycles. The van der Waals surface area contributed by atoms with Crippen LogP contribution in [0.5, 0.6) is 0 Å². The summed E-state index contributed by atoms with van der Waals surface area (Å²) in [7, 11) is 0. The van der Waals surface area contributed by atoms with E-state index in [2.05, 4.69) is 15.1 Å². The van der Waals surface area contributed by atoms with Crippen molar-refractivity contribution in [1.29, 1.82) is 0 Å². The zero-order chi connectivity index (χ0) is 9.10. The number of nitrogens with zero attached hydrogens (tertiary/aromatic N) is 3. The lowest BCUT2D eigenvalue weighted by molar-refractivity contribution is 0.575. The molecule has 1 fully saturated rings. The molecular formula is C8H13N3S2. The Morgan fingerprint density at radius 3 is 2.62 bits per heavy atom. The van der Waals surface area contributed by atoms with Gasteiger partial charge in [-0.25, -0.2) is 0 Å². The first kappa shape index (κ1) is 9.27. The summed E-state index contributed by atoms with van der Waals surface area (Å²) in [5.41, 5.74) is 0. The number of aromatic nitrogens is 2. The van der Waals surface area contributed by atoms with Crippen LogP contribution in [-0.4, -0.2) is 29.5 Å². The summed E-state index contributed by atoms with van der Waals surface area (Å²) in [6.45, 7) is 2.31. The summed E-state index contributed by atoms with van der Waals surface area (Å²) in [4.78, 5) is 2.35. The second-order valence-electron chi connectivity index (χ2n) is 3.10. The third kappa shape index (κ3) is 2.14. The Hall–Kier alpha value is -0.290. The molecule has 0 spiro atoms. The Morgan fingerprint density at radius 1 is 1.23 bits per heavy atom. The zero-order valence-electron chi connectivity index (χ0n) is 7.69. The molecule has 0 amide bonds. The van der Waals surface area contributed by atoms with E-state index in [4.69, 9.17) is 0 Å². The normalized spacial score (nSPS) is 17.8. The van der Waals surface area contributed by atoms with Gasteiger partial charge in [0.2, 0.25) is 5.13 Å². The van der Waals surface area contributed by atoms with Crippen molar-refractivity contribution in [3.8, 4) is 0 Å². The topological polar surface area (TPSA) is 29.0 Å². The molecule has 1 aliphatic heterocycles. The van der Waals surface area contributed by atoms with E-state index >= 15 is 0 Å². The van der Waals surface area contributed by atoms with Crippen molar-refractivity contribution in [2.75, 3.05) is 24.2 Å². The van der Waals surface area contributed by atoms with Gasteiger partial charge in [0.1, 0.15) is 0 Å². The third-order valence-corrected chi connectivity index (χ3v) is 4.16. The van der Waals surface area contributed by atoms with Crippen LogP contribution in [0.25, 0.3) is 0 Å². The first-order valence-electron chi connectivity index (χ1n) is 4.52. The Morgan fingerprint density at radius 2 is 2.00 bits per heavy atom. The largest absolute Gasteiger partial charge is 0.347 e. The Balaban J connectivity index is 2.05. The standard InChI is InChI=1S/C8H13N3S2/c1-12-8-10-9-7(13-8)11-5-3-2-4-6-11/h2-6H2,1H3. The first-order chi connectivity index (χ1) is 6.40. The van der Waals surface area contributed by atoms with Gasteiger partial charge in [-0.2, -0.15) is 0 Å². The highest BCUT2D eigenvalue weighted by atomic mass is 32.2. The van der Waals surface area contributed by atoms with Gasteiger partial charge in [-0.05, 0) is 25.5 Å². The van der Waals surface area contributed by atoms with Gasteiger partial charge in [-0.15, -0.1) is 10.2 Å². The predicted octanol–water partition coefficient (Wildman–Crippen LogP) is 2.25. The minimum absolute atomic E-state index is 1.07. The third-order valence-electron chi connectivity index (χ3n) is 2.20. The van der Waals surface area contributed by atoms with E-state index in [1.807, 2.05) is 6.26 Å². The Labute approximate surface area is 86.5 Å². The molecule has 1 aromatic heterocycles. The van der Waals surface area contributed by atoms with E-state index in [-0.39, 0.29) is 0 Å². The summed E-state index contributed by atoms with van der Waals surface area (Å²) < 4.78 is 1.07. The second-order valence-corrected chi connectivity index (χ2v) is 5.11. The van der Waals surface area contributed by atoms with Gasteiger partial charge in [-0.1, -0.05) is 23.1 Å². The lowest BCUT2D eigenvalue weighted by Crippen LogP contribution is -2.29. The number of hydrogen-bond acceptors (Lipinski definition) is 5. The van der Waals surface area contributed by atoms with Gasteiger partial charge in [-0.3, -0.25) is 0 Å². The van der Waals surface area contributed by atoms with Crippen LogP contribution in [0.3, 0.4) is 0 Å². The lowest BCUT2D eigenvalue weighted by Gasteiger charge is -2.25. The summed E-state index contributed by atoms with van der Waals surface area (Å²) in [6.07, 6.45) is 6.01. The van der Waals surface area contributed by atoms with Crippen molar-refractivity contribution >= 4 is 28.2 Å². The highest BCUT2D eigenvalue weighted by molar-refractivity contribution is 8.00. The highest BCUT2D eigenvalue weighted by Gasteiger charge is 2.14. The van der Waals surface area contributed by atoms with Crippen LogP contribution in [0.2, 0.25) is 0 Å². The number of anilines is 1. The molecule has 2 rings (SSSR count). The average Bonchev–Trinajstić information content (AvgIpc) is 2.67. The van der Waals surface area contributed by atoms with Crippen molar-refractivity contribution in [3.63, 3.8) is 0 Å². The van der Waals surface area contributed by atoms with Crippen LogP contribution in [0.4, 0.5) is 5.13 Å². The number of piperidine rings is 1. The number of hydrogen-bond donors (Lipinski definition) is 0. The van der Waals surface area contributed by atoms with Crippen molar-refractivity contribution in [1.82, 2.24) is 10.2 Å². The summed E-state index contributed by atoms with van der Waals surface area (Å²) >= 11 is 3.38. The molecule has 0 aromatic carbocycles. The zero-order valence-corrected chi connectivity index (χ0v) is 9.33. The minimum Gasteiger partial charge on any atom is -0.347 e. The molecule has 72 valence electrons. The van der Waals surface area contributed by atoms with Gasteiger partial charge in [0.25, 0.3) is 0 Å². The predicted molar refractivity (Wildman–Crippen MR) is 57.8 cm³/mol. The van der Waals surface area contributed by atoms with E-state index < -0.39 is 0 Å². The van der Waals surface area contributed by atoms with Gasteiger partial charge in [0.05, 0.1) is 0 Å². The van der Waals surface area contributed by atoms with Crippen LogP contribution < -0.4 is 4.90 Å². The molecule has 0 aliphatic carbocycles. The number of rotatable bonds is 2. The van der Waals surface area contributed by atoms with Crippen LogP contribution >= 0.6 is 23.1 Å². The van der Waals surface area contributed by atoms with E-state index in [1.54, 1.807) is 23.1 Å². The molecule has 1 saturated heterocycles. The molecule has 2 heterocycles. The monoisotopic (exact) mass is 215 g/mol. The highest BCUT2D eigenvalue weighted by Crippen LogP contribution is 2.27. The Bertz CT molecular complexity index is 268. The van der Waals surface area contributed by atoms with E-state index in [1.165, 1.54) is 19.3 Å². The molecule has 0 atom stereocenters. The smallest absolute Gasteiger partial charge is 0.209 e. The SMILES string of the molecule is CSc1nnc(N2CCCCC2)s1. The van der Waals surface area contributed by atoms with Crippen molar-refractivity contribution < 1.29 is 0 Å². The van der Waals surface area contributed by atoms with Crippen molar-refractivity contribution in [3.05, 3.63) is 0 Å². The molecule has 0 unspecified atom stereocenters. The van der Waals surface area contributed by atoms with Crippen LogP contribution in [0.1, 0.15) is 19.3 Å². The molecule has 1 aliphatic rings. The number of thioether (sulfide) groups is 1. The first-order valence-corrected chi connectivity index (χ1v) is 6.57. The van der Waals surface area contributed by atoms with Gasteiger partial charge in [0, 0.05) is 13.1 Å². The molecule has 3 nitrogen and oxygen atoms in total. The van der Waals surface area contributed by atoms with Crippen LogP contribution in [0.15, 0.2) is 4.34 Å². The quantitative estimate of drug-likeness (QED) is 0.708. The maximum Gasteiger partial charge on any atom is 0.209 e. The average molecular weight is 215 g/mol. The van der Waals surface area contributed by atoms with Gasteiger partial charge < -0.3 is 4.90 Å². The minimum atomic E-state index is 1.07. The summed E-state index contributed by atoms with van der Waals surface area (Å²) in [5.74, 6) is 0. The fourth-order valence-electron chi connectivity index (χ4n) is 1.50. The lowest BCUT2D eigenvalue weighted by atomic mass is 10.1. The van der Waals surface area contributed by atoms with Crippen molar-refractivity contribution in [2.45, 2.75) is 23.6 Å². The van der Waals surface area contributed by atoms with E-state index in [0.717, 1.165) is 22.6 Å². The van der Waals surface area contributed by atoms with Crippen molar-refractivity contribution in [2.24, 2.45) is 0 Å². The molecular weight excluding hydrogens is 202 g/mol.